The highest BCUT2D eigenvalue weighted by atomic mass is 14.9. The van der Waals surface area contributed by atoms with Crippen LogP contribution in [0.5, 0.6) is 0 Å². The van der Waals surface area contributed by atoms with Gasteiger partial charge in [0.2, 0.25) is 0 Å². The van der Waals surface area contributed by atoms with E-state index in [1.807, 2.05) is 12.1 Å². The molecule has 3 N–H and O–H groups in total. The van der Waals surface area contributed by atoms with Gasteiger partial charge in [0.25, 0.3) is 0 Å². The molecule has 0 aromatic heterocycles. The summed E-state index contributed by atoms with van der Waals surface area (Å²) in [7, 11) is 0. The van der Waals surface area contributed by atoms with Gasteiger partial charge in [-0.1, -0.05) is 13.8 Å². The van der Waals surface area contributed by atoms with Gasteiger partial charge in [-0.2, -0.15) is 0 Å². The summed E-state index contributed by atoms with van der Waals surface area (Å²) in [5.74, 6) is 0.654. The number of nitrogens with two attached hydrogens (primary N) is 1. The molecule has 1 aromatic carbocycles. The van der Waals surface area contributed by atoms with Crippen molar-refractivity contribution in [2.24, 2.45) is 5.92 Å². The van der Waals surface area contributed by atoms with Gasteiger partial charge in [-0.05, 0) is 36.6 Å². The van der Waals surface area contributed by atoms with Crippen LogP contribution in [0.3, 0.4) is 0 Å². The summed E-state index contributed by atoms with van der Waals surface area (Å²) in [6, 6.07) is 6.05. The summed E-state index contributed by atoms with van der Waals surface area (Å²) in [5.41, 5.74) is 8.87. The zero-order valence-electron chi connectivity index (χ0n) is 8.59. The fraction of sp³-hybridized carbons (Fsp3) is 0.455. The maximum atomic E-state index is 5.73. The molecule has 0 atom stereocenters. The van der Waals surface area contributed by atoms with Crippen molar-refractivity contribution in [3.05, 3.63) is 23.8 Å². The Morgan fingerprint density at radius 3 is 2.54 bits per heavy atom. The number of benzene rings is 1. The van der Waals surface area contributed by atoms with Gasteiger partial charge in [-0.3, -0.25) is 0 Å². The van der Waals surface area contributed by atoms with Crippen molar-refractivity contribution < 1.29 is 0 Å². The molecular formula is C11H18N2. The average Bonchev–Trinajstić information content (AvgIpc) is 1.99. The van der Waals surface area contributed by atoms with Crippen LogP contribution in [0.2, 0.25) is 0 Å². The number of nitrogens with one attached hydrogen (secondary N) is 1. The molecule has 0 unspecified atom stereocenters. The van der Waals surface area contributed by atoms with Gasteiger partial charge in [0.05, 0.1) is 0 Å². The number of nitrogen functional groups attached to an aromatic ring is 1. The molecule has 0 aliphatic rings. The van der Waals surface area contributed by atoms with E-state index in [0.717, 1.165) is 17.9 Å². The van der Waals surface area contributed by atoms with Crippen LogP contribution in [-0.2, 0) is 0 Å². The van der Waals surface area contributed by atoms with Gasteiger partial charge in [-0.25, -0.2) is 0 Å². The molecule has 1 rings (SSSR count). The summed E-state index contributed by atoms with van der Waals surface area (Å²) in [6.45, 7) is 7.41. The van der Waals surface area contributed by atoms with Crippen LogP contribution in [0.4, 0.5) is 11.4 Å². The molecule has 72 valence electrons. The first-order valence-electron chi connectivity index (χ1n) is 4.69. The van der Waals surface area contributed by atoms with Gasteiger partial charge >= 0.3 is 0 Å². The summed E-state index contributed by atoms with van der Waals surface area (Å²) in [6.07, 6.45) is 0. The minimum Gasteiger partial charge on any atom is -0.399 e. The standard InChI is InChI=1S/C11H18N2/c1-8(2)7-13-11-5-9(3)4-10(12)6-11/h4-6,8,13H,7,12H2,1-3H3. The molecule has 0 aliphatic heterocycles. The normalized spacial score (nSPS) is 10.5. The summed E-state index contributed by atoms with van der Waals surface area (Å²) < 4.78 is 0. The van der Waals surface area contributed by atoms with E-state index in [1.54, 1.807) is 0 Å². The fourth-order valence-corrected chi connectivity index (χ4v) is 1.24. The van der Waals surface area contributed by atoms with Crippen molar-refractivity contribution in [3.63, 3.8) is 0 Å². The second-order valence-corrected chi connectivity index (χ2v) is 3.91. The smallest absolute Gasteiger partial charge is 0.0363 e. The lowest BCUT2D eigenvalue weighted by molar-refractivity contribution is 0.689. The quantitative estimate of drug-likeness (QED) is 0.698. The van der Waals surface area contributed by atoms with Crippen molar-refractivity contribution in [1.29, 1.82) is 0 Å². The van der Waals surface area contributed by atoms with E-state index >= 15 is 0 Å². The third-order valence-electron chi connectivity index (χ3n) is 1.81. The zero-order valence-corrected chi connectivity index (χ0v) is 8.59. The Hall–Kier alpha value is -1.18. The fourth-order valence-electron chi connectivity index (χ4n) is 1.24. The summed E-state index contributed by atoms with van der Waals surface area (Å²) >= 11 is 0. The third kappa shape index (κ3) is 3.36. The van der Waals surface area contributed by atoms with Crippen LogP contribution in [0, 0.1) is 12.8 Å². The van der Waals surface area contributed by atoms with Crippen LogP contribution >= 0.6 is 0 Å². The molecule has 1 aromatic rings. The van der Waals surface area contributed by atoms with Crippen LogP contribution in [0.1, 0.15) is 19.4 Å². The third-order valence-corrected chi connectivity index (χ3v) is 1.81. The van der Waals surface area contributed by atoms with Crippen molar-refractivity contribution in [2.75, 3.05) is 17.6 Å². The van der Waals surface area contributed by atoms with Crippen LogP contribution < -0.4 is 11.1 Å². The number of rotatable bonds is 3. The lowest BCUT2D eigenvalue weighted by Gasteiger charge is -2.10. The Bertz CT molecular complexity index is 259. The topological polar surface area (TPSA) is 38.0 Å². The van der Waals surface area contributed by atoms with Crippen molar-refractivity contribution >= 4 is 11.4 Å². The molecule has 0 spiro atoms. The first-order chi connectivity index (χ1) is 6.08. The lowest BCUT2D eigenvalue weighted by atomic mass is 10.1. The van der Waals surface area contributed by atoms with Gasteiger partial charge in [0, 0.05) is 17.9 Å². The Morgan fingerprint density at radius 2 is 2.00 bits per heavy atom. The van der Waals surface area contributed by atoms with E-state index < -0.39 is 0 Å². The highest BCUT2D eigenvalue weighted by molar-refractivity contribution is 5.56. The molecule has 0 heterocycles. The van der Waals surface area contributed by atoms with E-state index in [0.29, 0.717) is 5.92 Å². The van der Waals surface area contributed by atoms with Gasteiger partial charge in [-0.15, -0.1) is 0 Å². The SMILES string of the molecule is Cc1cc(N)cc(NCC(C)C)c1. The molecule has 0 saturated heterocycles. The lowest BCUT2D eigenvalue weighted by Crippen LogP contribution is -2.08. The van der Waals surface area contributed by atoms with Crippen LogP contribution in [-0.4, -0.2) is 6.54 Å². The van der Waals surface area contributed by atoms with Gasteiger partial charge in [0.15, 0.2) is 0 Å². The predicted molar refractivity (Wildman–Crippen MR) is 58.9 cm³/mol. The van der Waals surface area contributed by atoms with Gasteiger partial charge in [0.1, 0.15) is 0 Å². The minimum atomic E-state index is 0.654. The number of hydrogen-bond acceptors (Lipinski definition) is 2. The number of anilines is 2. The maximum Gasteiger partial charge on any atom is 0.0363 e. The summed E-state index contributed by atoms with van der Waals surface area (Å²) in [4.78, 5) is 0. The molecule has 0 aliphatic carbocycles. The Labute approximate surface area is 80.1 Å². The van der Waals surface area contributed by atoms with E-state index in [4.69, 9.17) is 5.73 Å². The van der Waals surface area contributed by atoms with Gasteiger partial charge < -0.3 is 11.1 Å². The first kappa shape index (κ1) is 9.90. The molecule has 13 heavy (non-hydrogen) atoms. The van der Waals surface area contributed by atoms with Crippen LogP contribution in [0.25, 0.3) is 0 Å². The summed E-state index contributed by atoms with van der Waals surface area (Å²) in [5, 5.41) is 3.35. The Balaban J connectivity index is 2.66. The zero-order chi connectivity index (χ0) is 9.84. The average molecular weight is 178 g/mol. The van der Waals surface area contributed by atoms with E-state index in [9.17, 15) is 0 Å². The minimum absolute atomic E-state index is 0.654. The largest absolute Gasteiger partial charge is 0.399 e. The van der Waals surface area contributed by atoms with Crippen molar-refractivity contribution in [3.8, 4) is 0 Å². The molecule has 0 radical (unpaired) electrons. The monoisotopic (exact) mass is 178 g/mol. The second kappa shape index (κ2) is 4.17. The van der Waals surface area contributed by atoms with E-state index in [2.05, 4.69) is 32.2 Å². The molecule has 2 heteroatoms. The molecular weight excluding hydrogens is 160 g/mol. The van der Waals surface area contributed by atoms with Crippen molar-refractivity contribution in [2.45, 2.75) is 20.8 Å². The van der Waals surface area contributed by atoms with Crippen molar-refractivity contribution in [1.82, 2.24) is 0 Å². The number of aryl methyl sites for hydroxylation is 1. The van der Waals surface area contributed by atoms with E-state index in [1.165, 1.54) is 5.56 Å². The molecule has 0 amide bonds. The Kier molecular flexibility index (Phi) is 3.18. The first-order valence-corrected chi connectivity index (χ1v) is 4.69. The van der Waals surface area contributed by atoms with E-state index in [-0.39, 0.29) is 0 Å². The molecule has 0 fully saturated rings. The molecule has 2 nitrogen and oxygen atoms in total. The molecule has 0 bridgehead atoms. The Morgan fingerprint density at radius 1 is 1.31 bits per heavy atom. The maximum absolute atomic E-state index is 5.73. The highest BCUT2D eigenvalue weighted by Gasteiger charge is 1.96. The second-order valence-electron chi connectivity index (χ2n) is 3.91. The van der Waals surface area contributed by atoms with Crippen LogP contribution in [0.15, 0.2) is 18.2 Å². The highest BCUT2D eigenvalue weighted by Crippen LogP contribution is 2.15. The number of hydrogen-bond donors (Lipinski definition) is 2. The molecule has 0 saturated carbocycles. The predicted octanol–water partition coefficient (Wildman–Crippen LogP) is 2.65.